The third-order valence-corrected chi connectivity index (χ3v) is 4.23. The molecule has 3 nitrogen and oxygen atoms in total. The molecule has 1 aliphatic carbocycles. The van der Waals surface area contributed by atoms with E-state index in [0.717, 1.165) is 24.1 Å². The molecule has 1 amide bonds. The van der Waals surface area contributed by atoms with Gasteiger partial charge in [-0.15, -0.1) is 0 Å². The van der Waals surface area contributed by atoms with Gasteiger partial charge in [0.2, 0.25) is 0 Å². The van der Waals surface area contributed by atoms with Gasteiger partial charge in [-0.05, 0) is 60.9 Å². The van der Waals surface area contributed by atoms with Gasteiger partial charge in [0.05, 0.1) is 6.54 Å². The Morgan fingerprint density at radius 1 is 1.40 bits per heavy atom. The van der Waals surface area contributed by atoms with Crippen LogP contribution < -0.4 is 5.32 Å². The standard InChI is InChI=1S/C17H20N2O/c1-11-5-3-7-13(9-11)19-17(20)16-14-8-4-6-12(2)15(14)10-18-16/h3,5,7,9,12H,4,6,8,10H2,1-2H3,(H,19,20). The molecule has 0 bridgehead atoms. The first-order valence-electron chi connectivity index (χ1n) is 7.30. The number of carbonyl (C=O) groups excluding carboxylic acids is 1. The first kappa shape index (κ1) is 13.1. The van der Waals surface area contributed by atoms with Crippen LogP contribution in [0.3, 0.4) is 0 Å². The van der Waals surface area contributed by atoms with Crippen LogP contribution in [-0.2, 0) is 4.79 Å². The van der Waals surface area contributed by atoms with Crippen LogP contribution >= 0.6 is 0 Å². The molecule has 1 aromatic carbocycles. The monoisotopic (exact) mass is 268 g/mol. The number of aliphatic imine (C=N–C) groups is 1. The lowest BCUT2D eigenvalue weighted by molar-refractivity contribution is -0.110. The lowest BCUT2D eigenvalue weighted by atomic mass is 9.83. The summed E-state index contributed by atoms with van der Waals surface area (Å²) in [6, 6.07) is 7.87. The molecule has 1 N–H and O–H groups in total. The Morgan fingerprint density at radius 3 is 3.05 bits per heavy atom. The number of carbonyl (C=O) groups is 1. The van der Waals surface area contributed by atoms with Crippen molar-refractivity contribution in [1.82, 2.24) is 0 Å². The van der Waals surface area contributed by atoms with Gasteiger partial charge >= 0.3 is 0 Å². The molecule has 1 unspecified atom stereocenters. The van der Waals surface area contributed by atoms with Gasteiger partial charge in [0.15, 0.2) is 0 Å². The van der Waals surface area contributed by atoms with Crippen molar-refractivity contribution in [2.75, 3.05) is 11.9 Å². The van der Waals surface area contributed by atoms with Crippen molar-refractivity contribution in [3.05, 3.63) is 41.0 Å². The predicted molar refractivity (Wildman–Crippen MR) is 82.2 cm³/mol. The number of nitrogens with one attached hydrogen (secondary N) is 1. The fourth-order valence-corrected chi connectivity index (χ4v) is 3.12. The fraction of sp³-hybridized carbons (Fsp3) is 0.412. The summed E-state index contributed by atoms with van der Waals surface area (Å²) in [5.74, 6) is 0.515. The van der Waals surface area contributed by atoms with Crippen molar-refractivity contribution in [2.45, 2.75) is 33.1 Å². The van der Waals surface area contributed by atoms with E-state index in [4.69, 9.17) is 0 Å². The Labute approximate surface area is 119 Å². The minimum atomic E-state index is -0.0605. The second-order valence-corrected chi connectivity index (χ2v) is 5.79. The molecule has 1 atom stereocenters. The topological polar surface area (TPSA) is 41.5 Å². The Bertz CT molecular complexity index is 613. The van der Waals surface area contributed by atoms with Crippen molar-refractivity contribution >= 4 is 17.3 Å². The molecular weight excluding hydrogens is 248 g/mol. The number of amides is 1. The maximum absolute atomic E-state index is 12.4. The Balaban J connectivity index is 1.78. The summed E-state index contributed by atoms with van der Waals surface area (Å²) in [6.07, 6.45) is 3.39. The smallest absolute Gasteiger partial charge is 0.274 e. The van der Waals surface area contributed by atoms with Crippen LogP contribution in [0.15, 0.2) is 40.4 Å². The average Bonchev–Trinajstić information content (AvgIpc) is 2.84. The molecule has 0 radical (unpaired) electrons. The summed E-state index contributed by atoms with van der Waals surface area (Å²) in [4.78, 5) is 16.9. The highest BCUT2D eigenvalue weighted by Crippen LogP contribution is 2.34. The van der Waals surface area contributed by atoms with Crippen LogP contribution in [0.1, 0.15) is 31.7 Å². The molecule has 3 heteroatoms. The Hall–Kier alpha value is -1.90. The first-order valence-corrected chi connectivity index (χ1v) is 7.30. The number of aryl methyl sites for hydroxylation is 1. The van der Waals surface area contributed by atoms with Gasteiger partial charge in [-0.25, -0.2) is 0 Å². The zero-order valence-electron chi connectivity index (χ0n) is 12.1. The van der Waals surface area contributed by atoms with Gasteiger partial charge in [0.25, 0.3) is 5.91 Å². The average molecular weight is 268 g/mol. The summed E-state index contributed by atoms with van der Waals surface area (Å²) in [5, 5.41) is 2.97. The molecule has 0 fully saturated rings. The maximum Gasteiger partial charge on any atom is 0.274 e. The van der Waals surface area contributed by atoms with E-state index in [9.17, 15) is 4.79 Å². The zero-order chi connectivity index (χ0) is 14.1. The van der Waals surface area contributed by atoms with Crippen molar-refractivity contribution < 1.29 is 4.79 Å². The summed E-state index contributed by atoms with van der Waals surface area (Å²) in [7, 11) is 0. The number of rotatable bonds is 2. The Morgan fingerprint density at radius 2 is 2.25 bits per heavy atom. The summed E-state index contributed by atoms with van der Waals surface area (Å²) < 4.78 is 0. The fourth-order valence-electron chi connectivity index (χ4n) is 3.12. The summed E-state index contributed by atoms with van der Waals surface area (Å²) in [5.41, 5.74) is 5.23. The SMILES string of the molecule is Cc1cccc(NC(=O)C2=NCC3=C2CCCC3C)c1. The molecule has 104 valence electrons. The number of hydrogen-bond donors (Lipinski definition) is 1. The summed E-state index contributed by atoms with van der Waals surface area (Å²) >= 11 is 0. The molecule has 1 heterocycles. The molecule has 0 saturated heterocycles. The minimum absolute atomic E-state index is 0.0605. The highest BCUT2D eigenvalue weighted by Gasteiger charge is 2.30. The number of benzene rings is 1. The molecule has 0 aromatic heterocycles. The van der Waals surface area contributed by atoms with Gasteiger partial charge in [-0.1, -0.05) is 19.1 Å². The van der Waals surface area contributed by atoms with E-state index in [2.05, 4.69) is 17.2 Å². The van der Waals surface area contributed by atoms with Crippen LogP contribution in [0.25, 0.3) is 0 Å². The number of hydrogen-bond acceptors (Lipinski definition) is 2. The molecule has 2 aliphatic rings. The third-order valence-electron chi connectivity index (χ3n) is 4.23. The van der Waals surface area contributed by atoms with Crippen molar-refractivity contribution in [1.29, 1.82) is 0 Å². The van der Waals surface area contributed by atoms with Crippen LogP contribution in [0.2, 0.25) is 0 Å². The van der Waals surface area contributed by atoms with Gasteiger partial charge in [0, 0.05) is 5.69 Å². The van der Waals surface area contributed by atoms with Crippen LogP contribution in [0.4, 0.5) is 5.69 Å². The van der Waals surface area contributed by atoms with E-state index >= 15 is 0 Å². The van der Waals surface area contributed by atoms with Gasteiger partial charge in [0.1, 0.15) is 5.71 Å². The lowest BCUT2D eigenvalue weighted by Gasteiger charge is -2.21. The maximum atomic E-state index is 12.4. The third kappa shape index (κ3) is 2.40. The van der Waals surface area contributed by atoms with E-state index in [1.54, 1.807) is 0 Å². The predicted octanol–water partition coefficient (Wildman–Crippen LogP) is 3.50. The van der Waals surface area contributed by atoms with Crippen LogP contribution in [-0.4, -0.2) is 18.2 Å². The second-order valence-electron chi connectivity index (χ2n) is 5.79. The largest absolute Gasteiger partial charge is 0.321 e. The van der Waals surface area contributed by atoms with E-state index in [1.165, 1.54) is 17.6 Å². The zero-order valence-corrected chi connectivity index (χ0v) is 12.1. The Kier molecular flexibility index (Phi) is 3.43. The van der Waals surface area contributed by atoms with Crippen molar-refractivity contribution in [2.24, 2.45) is 10.9 Å². The van der Waals surface area contributed by atoms with Gasteiger partial charge in [-0.3, -0.25) is 9.79 Å². The van der Waals surface area contributed by atoms with E-state index in [1.807, 2.05) is 31.2 Å². The second kappa shape index (κ2) is 5.23. The van der Waals surface area contributed by atoms with E-state index in [0.29, 0.717) is 18.2 Å². The van der Waals surface area contributed by atoms with Gasteiger partial charge in [-0.2, -0.15) is 0 Å². The van der Waals surface area contributed by atoms with Crippen LogP contribution in [0, 0.1) is 12.8 Å². The molecule has 20 heavy (non-hydrogen) atoms. The van der Waals surface area contributed by atoms with E-state index in [-0.39, 0.29) is 5.91 Å². The molecule has 1 aromatic rings. The number of nitrogens with zero attached hydrogens (tertiary/aromatic N) is 1. The molecule has 0 saturated carbocycles. The molecule has 3 rings (SSSR count). The summed E-state index contributed by atoms with van der Waals surface area (Å²) in [6.45, 7) is 4.98. The highest BCUT2D eigenvalue weighted by atomic mass is 16.1. The quantitative estimate of drug-likeness (QED) is 0.876. The molecular formula is C17H20N2O. The van der Waals surface area contributed by atoms with Gasteiger partial charge < -0.3 is 5.32 Å². The lowest BCUT2D eigenvalue weighted by Crippen LogP contribution is -2.25. The number of anilines is 1. The van der Waals surface area contributed by atoms with Crippen LogP contribution in [0.5, 0.6) is 0 Å². The van der Waals surface area contributed by atoms with Crippen molar-refractivity contribution in [3.63, 3.8) is 0 Å². The molecule has 0 spiro atoms. The van der Waals surface area contributed by atoms with E-state index < -0.39 is 0 Å². The first-order chi connectivity index (χ1) is 9.65. The molecule has 1 aliphatic heterocycles. The van der Waals surface area contributed by atoms with Crippen molar-refractivity contribution in [3.8, 4) is 0 Å². The normalized spacial score (nSPS) is 21.5. The minimum Gasteiger partial charge on any atom is -0.321 e. The highest BCUT2D eigenvalue weighted by molar-refractivity contribution is 6.49.